The number of aliphatic hydroxyl groups is 1. The van der Waals surface area contributed by atoms with Crippen molar-refractivity contribution in [2.75, 3.05) is 53.9 Å². The van der Waals surface area contributed by atoms with Crippen molar-refractivity contribution in [3.05, 3.63) is 0 Å². The minimum Gasteiger partial charge on any atom is -0.421 e. The lowest BCUT2D eigenvalue weighted by molar-refractivity contribution is -0.266. The Morgan fingerprint density at radius 1 is 0.962 bits per heavy atom. The van der Waals surface area contributed by atoms with Gasteiger partial charge in [-0.25, -0.2) is 0 Å². The number of hydrogen-bond donors (Lipinski definition) is 1. The second-order valence-corrected chi connectivity index (χ2v) is 7.83. The van der Waals surface area contributed by atoms with Gasteiger partial charge in [-0.05, 0) is 33.1 Å². The van der Waals surface area contributed by atoms with Gasteiger partial charge in [0.05, 0.1) is 38.6 Å². The van der Waals surface area contributed by atoms with E-state index in [9.17, 15) is 5.11 Å². The fourth-order valence-electron chi connectivity index (χ4n) is 3.55. The molecule has 1 saturated carbocycles. The number of ether oxygens (including phenoxy) is 5. The van der Waals surface area contributed by atoms with Gasteiger partial charge in [-0.15, -0.1) is 0 Å². The Kier molecular flexibility index (Phi) is 12.9. The van der Waals surface area contributed by atoms with E-state index in [1.165, 1.54) is 0 Å². The van der Waals surface area contributed by atoms with Crippen LogP contribution in [-0.4, -0.2) is 86.7 Å². The van der Waals surface area contributed by atoms with E-state index in [2.05, 4.69) is 0 Å². The third-order valence-corrected chi connectivity index (χ3v) is 6.28. The molecule has 8 heteroatoms. The zero-order chi connectivity index (χ0) is 19.3. The summed E-state index contributed by atoms with van der Waals surface area (Å²) in [5.41, 5.74) is 0. The quantitative estimate of drug-likeness (QED) is 0.253. The molecule has 3 atom stereocenters. The molecule has 156 valence electrons. The Morgan fingerprint density at radius 3 is 2.23 bits per heavy atom. The molecule has 0 aromatic carbocycles. The van der Waals surface area contributed by atoms with Crippen molar-refractivity contribution in [3.63, 3.8) is 0 Å². The molecule has 26 heavy (non-hydrogen) atoms. The van der Waals surface area contributed by atoms with E-state index in [1.54, 1.807) is 14.2 Å². The maximum Gasteiger partial charge on any atom is 0.170 e. The van der Waals surface area contributed by atoms with Crippen LogP contribution in [0.4, 0.5) is 0 Å². The largest absolute Gasteiger partial charge is 0.421 e. The molecule has 3 unspecified atom stereocenters. The molecule has 1 fully saturated rings. The summed E-state index contributed by atoms with van der Waals surface area (Å²) in [6.45, 7) is 7.38. The molecule has 0 aliphatic heterocycles. The highest BCUT2D eigenvalue weighted by Crippen LogP contribution is 2.39. The molecular formula is C18H38O7Si. The maximum absolute atomic E-state index is 10.3. The summed E-state index contributed by atoms with van der Waals surface area (Å²) in [7, 11) is 2.52. The van der Waals surface area contributed by atoms with Gasteiger partial charge in [-0.1, -0.05) is 0 Å². The van der Waals surface area contributed by atoms with Gasteiger partial charge in [-0.2, -0.15) is 0 Å². The zero-order valence-corrected chi connectivity index (χ0v) is 18.3. The SMILES string of the molecule is CCOC(C[SiH2]OCCOC)(OCC)C1CCC(O)C(OCCOC)C1. The fourth-order valence-corrected chi connectivity index (χ4v) is 5.00. The highest BCUT2D eigenvalue weighted by atomic mass is 28.2. The highest BCUT2D eigenvalue weighted by Gasteiger charge is 2.45. The Bertz CT molecular complexity index is 340. The smallest absolute Gasteiger partial charge is 0.170 e. The van der Waals surface area contributed by atoms with E-state index in [-0.39, 0.29) is 12.0 Å². The Labute approximate surface area is 160 Å². The van der Waals surface area contributed by atoms with Crippen LogP contribution in [0.1, 0.15) is 33.1 Å². The van der Waals surface area contributed by atoms with Crippen LogP contribution in [0.15, 0.2) is 0 Å². The van der Waals surface area contributed by atoms with Crippen LogP contribution in [0.5, 0.6) is 0 Å². The molecule has 0 aromatic heterocycles. The summed E-state index contributed by atoms with van der Waals surface area (Å²) in [6, 6.07) is 0.782. The molecule has 0 aromatic rings. The van der Waals surface area contributed by atoms with E-state index in [0.717, 1.165) is 18.9 Å². The predicted molar refractivity (Wildman–Crippen MR) is 102 cm³/mol. The molecule has 1 N–H and O–H groups in total. The summed E-state index contributed by atoms with van der Waals surface area (Å²) >= 11 is 0. The van der Waals surface area contributed by atoms with E-state index >= 15 is 0 Å². The van der Waals surface area contributed by atoms with Gasteiger partial charge in [0.1, 0.15) is 0 Å². The van der Waals surface area contributed by atoms with E-state index in [1.807, 2.05) is 13.8 Å². The van der Waals surface area contributed by atoms with Crippen LogP contribution in [0, 0.1) is 5.92 Å². The van der Waals surface area contributed by atoms with Crippen molar-refractivity contribution < 1.29 is 33.2 Å². The van der Waals surface area contributed by atoms with Crippen molar-refractivity contribution in [2.45, 2.75) is 57.1 Å². The average Bonchev–Trinajstić information content (AvgIpc) is 2.63. The normalized spacial score (nSPS) is 24.6. The monoisotopic (exact) mass is 394 g/mol. The summed E-state index contributed by atoms with van der Waals surface area (Å²) in [5, 5.41) is 10.3. The van der Waals surface area contributed by atoms with Gasteiger partial charge in [-0.3, -0.25) is 0 Å². The zero-order valence-electron chi connectivity index (χ0n) is 16.9. The van der Waals surface area contributed by atoms with Crippen LogP contribution < -0.4 is 0 Å². The molecule has 7 nitrogen and oxygen atoms in total. The fraction of sp³-hybridized carbons (Fsp3) is 1.00. The number of rotatable bonds is 15. The van der Waals surface area contributed by atoms with Gasteiger partial charge < -0.3 is 33.2 Å². The second kappa shape index (κ2) is 14.0. The van der Waals surface area contributed by atoms with Crippen LogP contribution >= 0.6 is 0 Å². The summed E-state index contributed by atoms with van der Waals surface area (Å²) in [4.78, 5) is 0. The molecule has 0 radical (unpaired) electrons. The van der Waals surface area contributed by atoms with E-state index in [4.69, 9.17) is 28.1 Å². The van der Waals surface area contributed by atoms with Crippen molar-refractivity contribution in [3.8, 4) is 0 Å². The molecule has 0 heterocycles. The minimum absolute atomic E-state index is 0.178. The minimum atomic E-state index is -0.802. The first-order valence-electron chi connectivity index (χ1n) is 9.76. The topological polar surface area (TPSA) is 75.6 Å². The summed E-state index contributed by atoms with van der Waals surface area (Å²) < 4.78 is 34.1. The number of methoxy groups -OCH3 is 2. The Morgan fingerprint density at radius 2 is 1.62 bits per heavy atom. The van der Waals surface area contributed by atoms with E-state index < -0.39 is 21.7 Å². The molecule has 0 spiro atoms. The first-order valence-corrected chi connectivity index (χ1v) is 11.3. The lowest BCUT2D eigenvalue weighted by Crippen LogP contribution is -2.50. The first kappa shape index (κ1) is 24.0. The van der Waals surface area contributed by atoms with Crippen LogP contribution in [0.25, 0.3) is 0 Å². The number of aliphatic hydroxyl groups excluding tert-OH is 1. The van der Waals surface area contributed by atoms with Gasteiger partial charge in [0.2, 0.25) is 0 Å². The van der Waals surface area contributed by atoms with Crippen LogP contribution in [-0.2, 0) is 28.1 Å². The Balaban J connectivity index is 2.73. The molecule has 1 aliphatic carbocycles. The number of hydrogen-bond acceptors (Lipinski definition) is 7. The third kappa shape index (κ3) is 7.90. The maximum atomic E-state index is 10.3. The average molecular weight is 395 g/mol. The second-order valence-electron chi connectivity index (χ2n) is 6.51. The third-order valence-electron chi connectivity index (χ3n) is 4.80. The predicted octanol–water partition coefficient (Wildman–Crippen LogP) is 1.11. The summed E-state index contributed by atoms with van der Waals surface area (Å²) in [5.74, 6) is -0.469. The van der Waals surface area contributed by atoms with Crippen LogP contribution in [0.2, 0.25) is 6.04 Å². The first-order chi connectivity index (χ1) is 12.6. The molecule has 1 rings (SSSR count). The Hall–Kier alpha value is -0.0631. The lowest BCUT2D eigenvalue weighted by Gasteiger charge is -2.44. The van der Waals surface area contributed by atoms with Gasteiger partial charge in [0.15, 0.2) is 15.6 Å². The van der Waals surface area contributed by atoms with Gasteiger partial charge >= 0.3 is 0 Å². The lowest BCUT2D eigenvalue weighted by atomic mass is 9.80. The molecule has 1 aliphatic rings. The van der Waals surface area contributed by atoms with Crippen LogP contribution in [0.3, 0.4) is 0 Å². The summed E-state index contributed by atoms with van der Waals surface area (Å²) in [6.07, 6.45) is 1.62. The molecule has 0 saturated heterocycles. The highest BCUT2D eigenvalue weighted by molar-refractivity contribution is 6.27. The molecular weight excluding hydrogens is 356 g/mol. The van der Waals surface area contributed by atoms with Crippen molar-refractivity contribution in [1.29, 1.82) is 0 Å². The van der Waals surface area contributed by atoms with Gasteiger partial charge in [0, 0.05) is 39.4 Å². The molecule has 0 bridgehead atoms. The van der Waals surface area contributed by atoms with Gasteiger partial charge in [0.25, 0.3) is 0 Å². The standard InChI is InChI=1S/C18H38O7Si/c1-5-23-18(24-6-2,14-26-25-12-10-21-4)15-7-8-16(19)17(13-15)22-11-9-20-3/h15-17,19H,5-14,26H2,1-4H3. The van der Waals surface area contributed by atoms with E-state index in [0.29, 0.717) is 46.1 Å². The van der Waals surface area contributed by atoms with Crippen molar-refractivity contribution in [1.82, 2.24) is 0 Å². The molecule has 0 amide bonds. The van der Waals surface area contributed by atoms with Crippen molar-refractivity contribution in [2.24, 2.45) is 5.92 Å². The van der Waals surface area contributed by atoms with Crippen molar-refractivity contribution >= 4 is 9.76 Å².